The predicted molar refractivity (Wildman–Crippen MR) is 127 cm³/mol. The van der Waals surface area contributed by atoms with Gasteiger partial charge in [0.2, 0.25) is 5.76 Å². The molecule has 2 heterocycles. The van der Waals surface area contributed by atoms with Crippen LogP contribution < -0.4 is 10.2 Å². The molecule has 0 saturated heterocycles. The Bertz CT molecular complexity index is 1280. The lowest BCUT2D eigenvalue weighted by molar-refractivity contribution is -0.384. The predicted octanol–water partition coefficient (Wildman–Crippen LogP) is 3.99. The molecule has 9 nitrogen and oxygen atoms in total. The van der Waals surface area contributed by atoms with Crippen molar-refractivity contribution in [2.75, 3.05) is 33.3 Å². The third kappa shape index (κ3) is 4.14. The Morgan fingerprint density at radius 3 is 2.44 bits per heavy atom. The van der Waals surface area contributed by atoms with Crippen LogP contribution in [0.4, 0.5) is 5.69 Å². The average Bonchev–Trinajstić information content (AvgIpc) is 3.13. The third-order valence-corrected chi connectivity index (χ3v) is 6.36. The number of nitro groups is 1. The number of rotatable bonds is 9. The smallest absolute Gasteiger partial charge is 0.290 e. The number of carbonyl (C=O) groups is 1. The van der Waals surface area contributed by atoms with E-state index in [1.165, 1.54) is 19.2 Å². The Hall–Kier alpha value is -3.72. The Morgan fingerprint density at radius 2 is 1.82 bits per heavy atom. The number of hydrogen-bond donors (Lipinski definition) is 0. The molecule has 1 unspecified atom stereocenters. The molecule has 0 radical (unpaired) electrons. The summed E-state index contributed by atoms with van der Waals surface area (Å²) in [5.74, 6) is 0.167. The highest BCUT2D eigenvalue weighted by atomic mass is 16.6. The fraction of sp³-hybridized carbons (Fsp3) is 0.360. The number of non-ortho nitro benzene ring substituents is 1. The number of methoxy groups -OCH3 is 1. The average molecular weight is 466 g/mol. The molecule has 0 bridgehead atoms. The maximum atomic E-state index is 13.5. The first-order chi connectivity index (χ1) is 16.4. The van der Waals surface area contributed by atoms with Gasteiger partial charge in [-0.25, -0.2) is 0 Å². The van der Waals surface area contributed by atoms with Crippen molar-refractivity contribution >= 4 is 22.6 Å². The van der Waals surface area contributed by atoms with Crippen LogP contribution in [-0.2, 0) is 0 Å². The maximum Gasteiger partial charge on any atom is 0.290 e. The van der Waals surface area contributed by atoms with Gasteiger partial charge in [-0.2, -0.15) is 0 Å². The van der Waals surface area contributed by atoms with Gasteiger partial charge in [0.15, 0.2) is 5.43 Å². The van der Waals surface area contributed by atoms with Crippen molar-refractivity contribution in [3.05, 3.63) is 79.7 Å². The minimum atomic E-state index is -0.678. The van der Waals surface area contributed by atoms with E-state index in [1.807, 2.05) is 0 Å². The van der Waals surface area contributed by atoms with Crippen molar-refractivity contribution in [1.82, 2.24) is 9.80 Å². The second kappa shape index (κ2) is 9.64. The summed E-state index contributed by atoms with van der Waals surface area (Å²) in [5.41, 5.74) is 0.824. The van der Waals surface area contributed by atoms with Gasteiger partial charge in [0, 0.05) is 24.7 Å². The summed E-state index contributed by atoms with van der Waals surface area (Å²) in [6.07, 6.45) is 0.715. The number of ether oxygens (including phenoxy) is 1. The number of hydrogen-bond acceptors (Lipinski definition) is 7. The second-order valence-electron chi connectivity index (χ2n) is 8.17. The molecule has 34 heavy (non-hydrogen) atoms. The normalized spacial score (nSPS) is 15.2. The summed E-state index contributed by atoms with van der Waals surface area (Å²) in [6.45, 7) is 7.21. The maximum absolute atomic E-state index is 13.5. The first-order valence-corrected chi connectivity index (χ1v) is 11.3. The summed E-state index contributed by atoms with van der Waals surface area (Å²) >= 11 is 0. The molecule has 9 heteroatoms. The van der Waals surface area contributed by atoms with Gasteiger partial charge in [-0.1, -0.05) is 13.8 Å². The fourth-order valence-corrected chi connectivity index (χ4v) is 4.49. The van der Waals surface area contributed by atoms with E-state index in [1.54, 1.807) is 35.2 Å². The van der Waals surface area contributed by atoms with Gasteiger partial charge in [0.1, 0.15) is 11.3 Å². The van der Waals surface area contributed by atoms with E-state index >= 15 is 0 Å². The van der Waals surface area contributed by atoms with Crippen molar-refractivity contribution in [3.8, 4) is 5.75 Å². The minimum Gasteiger partial charge on any atom is -0.497 e. The number of fused-ring (bicyclic) bond motifs is 2. The van der Waals surface area contributed by atoms with Crippen LogP contribution in [0.3, 0.4) is 0 Å². The molecule has 178 valence electrons. The molecule has 0 aliphatic carbocycles. The molecular weight excluding hydrogens is 438 g/mol. The third-order valence-electron chi connectivity index (χ3n) is 6.36. The molecule has 1 atom stereocenters. The number of nitrogens with zero attached hydrogens (tertiary/aromatic N) is 3. The van der Waals surface area contributed by atoms with Crippen LogP contribution in [0.5, 0.6) is 5.75 Å². The molecule has 0 N–H and O–H groups in total. The lowest BCUT2D eigenvalue weighted by atomic mass is 9.98. The van der Waals surface area contributed by atoms with E-state index in [0.29, 0.717) is 29.7 Å². The van der Waals surface area contributed by atoms with Gasteiger partial charge < -0.3 is 19.0 Å². The molecular formula is C25H27N3O6. The minimum absolute atomic E-state index is 0.0111. The van der Waals surface area contributed by atoms with Crippen LogP contribution in [0.1, 0.15) is 48.0 Å². The Balaban J connectivity index is 1.80. The van der Waals surface area contributed by atoms with Crippen LogP contribution in [0.2, 0.25) is 0 Å². The van der Waals surface area contributed by atoms with Crippen LogP contribution >= 0.6 is 0 Å². The fourth-order valence-electron chi connectivity index (χ4n) is 4.49. The number of benzene rings is 2. The van der Waals surface area contributed by atoms with Gasteiger partial charge >= 0.3 is 0 Å². The lowest BCUT2D eigenvalue weighted by Gasteiger charge is -2.26. The van der Waals surface area contributed by atoms with Gasteiger partial charge in [0.05, 0.1) is 29.0 Å². The quantitative estimate of drug-likeness (QED) is 0.347. The topological polar surface area (TPSA) is 106 Å². The number of carbonyl (C=O) groups excluding carboxylic acids is 1. The molecule has 3 aromatic rings. The summed E-state index contributed by atoms with van der Waals surface area (Å²) < 4.78 is 11.2. The first kappa shape index (κ1) is 23.4. The highest BCUT2D eigenvalue weighted by molar-refractivity contribution is 5.99. The van der Waals surface area contributed by atoms with E-state index in [-0.39, 0.29) is 33.9 Å². The van der Waals surface area contributed by atoms with Crippen LogP contribution in [-0.4, -0.2) is 53.9 Å². The van der Waals surface area contributed by atoms with Gasteiger partial charge in [-0.3, -0.25) is 19.7 Å². The van der Waals surface area contributed by atoms with Crippen molar-refractivity contribution < 1.29 is 18.9 Å². The zero-order valence-electron chi connectivity index (χ0n) is 19.4. The molecule has 1 amide bonds. The van der Waals surface area contributed by atoms with Crippen molar-refractivity contribution in [3.63, 3.8) is 0 Å². The lowest BCUT2D eigenvalue weighted by Crippen LogP contribution is -2.33. The summed E-state index contributed by atoms with van der Waals surface area (Å²) in [6, 6.07) is 10.2. The molecule has 1 aliphatic heterocycles. The van der Waals surface area contributed by atoms with Gasteiger partial charge in [-0.15, -0.1) is 0 Å². The summed E-state index contributed by atoms with van der Waals surface area (Å²) in [5, 5.41) is 11.5. The van der Waals surface area contributed by atoms with Gasteiger partial charge in [-0.05, 0) is 55.9 Å². The molecule has 1 aromatic heterocycles. The Labute approximate surface area is 196 Å². The zero-order chi connectivity index (χ0) is 24.4. The molecule has 0 saturated carbocycles. The van der Waals surface area contributed by atoms with E-state index in [9.17, 15) is 19.7 Å². The largest absolute Gasteiger partial charge is 0.497 e. The summed E-state index contributed by atoms with van der Waals surface area (Å²) in [7, 11) is 1.51. The number of nitro benzene ring substituents is 1. The molecule has 2 aromatic carbocycles. The molecule has 1 aliphatic rings. The second-order valence-corrected chi connectivity index (χ2v) is 8.17. The first-order valence-electron chi connectivity index (χ1n) is 11.3. The van der Waals surface area contributed by atoms with E-state index < -0.39 is 11.0 Å². The molecule has 0 spiro atoms. The van der Waals surface area contributed by atoms with Crippen LogP contribution in [0.15, 0.2) is 51.7 Å². The van der Waals surface area contributed by atoms with E-state index in [4.69, 9.17) is 9.15 Å². The van der Waals surface area contributed by atoms with Crippen LogP contribution in [0.25, 0.3) is 11.0 Å². The SMILES string of the molecule is CCN(CC)CCCN1C(=O)c2oc3cc(OC)ccc3c(=O)c2C1c1ccc([N+](=O)[O-])cc1. The Kier molecular flexibility index (Phi) is 6.65. The van der Waals surface area contributed by atoms with Crippen LogP contribution in [0, 0.1) is 10.1 Å². The van der Waals surface area contributed by atoms with Crippen molar-refractivity contribution in [2.45, 2.75) is 26.3 Å². The van der Waals surface area contributed by atoms with Gasteiger partial charge in [0.25, 0.3) is 11.6 Å². The number of amides is 1. The molecule has 0 fully saturated rings. The standard InChI is InChI=1S/C25H27N3O6/c1-4-26(5-2)13-6-14-27-22(16-7-9-17(10-8-16)28(31)32)21-23(29)19-12-11-18(33-3)15-20(19)34-24(21)25(27)30/h7-12,15,22H,4-6,13-14H2,1-3H3. The van der Waals surface area contributed by atoms with E-state index in [0.717, 1.165) is 19.6 Å². The Morgan fingerprint density at radius 1 is 1.12 bits per heavy atom. The zero-order valence-corrected chi connectivity index (χ0v) is 19.4. The highest BCUT2D eigenvalue weighted by Crippen LogP contribution is 2.39. The monoisotopic (exact) mass is 465 g/mol. The van der Waals surface area contributed by atoms with Crippen molar-refractivity contribution in [2.24, 2.45) is 0 Å². The van der Waals surface area contributed by atoms with E-state index in [2.05, 4.69) is 18.7 Å². The molecule has 4 rings (SSSR count). The summed E-state index contributed by atoms with van der Waals surface area (Å²) in [4.78, 5) is 41.6. The van der Waals surface area contributed by atoms with Crippen molar-refractivity contribution in [1.29, 1.82) is 0 Å². The highest BCUT2D eigenvalue weighted by Gasteiger charge is 2.42.